The minimum atomic E-state index is -3.24. The lowest BCUT2D eigenvalue weighted by Gasteiger charge is -2.21. The fourth-order valence-corrected chi connectivity index (χ4v) is 4.26. The predicted molar refractivity (Wildman–Crippen MR) is 68.6 cm³/mol. The summed E-state index contributed by atoms with van der Waals surface area (Å²) >= 11 is 0. The first-order valence-electron chi connectivity index (χ1n) is 6.62. The molecule has 0 unspecified atom stereocenters. The van der Waals surface area contributed by atoms with Gasteiger partial charge in [-0.2, -0.15) is 0 Å². The van der Waals surface area contributed by atoms with Gasteiger partial charge in [-0.1, -0.05) is 0 Å². The van der Waals surface area contributed by atoms with Gasteiger partial charge in [-0.15, -0.1) is 0 Å². The van der Waals surface area contributed by atoms with E-state index in [9.17, 15) is 8.42 Å². The molecule has 0 aromatic carbocycles. The summed E-state index contributed by atoms with van der Waals surface area (Å²) in [6.45, 7) is 3.09. The van der Waals surface area contributed by atoms with Crippen LogP contribution in [0.1, 0.15) is 49.7 Å². The highest BCUT2D eigenvalue weighted by molar-refractivity contribution is 7.89. The first-order valence-corrected chi connectivity index (χ1v) is 8.12. The Bertz CT molecular complexity index is 527. The second kappa shape index (κ2) is 4.35. The maximum absolute atomic E-state index is 12.5. The van der Waals surface area contributed by atoms with E-state index in [-0.39, 0.29) is 0 Å². The van der Waals surface area contributed by atoms with Crippen molar-refractivity contribution in [1.29, 1.82) is 0 Å². The van der Waals surface area contributed by atoms with Crippen molar-refractivity contribution in [2.45, 2.75) is 43.9 Å². The number of hydrogen-bond donors (Lipinski definition) is 0. The van der Waals surface area contributed by atoms with E-state index in [0.717, 1.165) is 25.7 Å². The second-order valence-electron chi connectivity index (χ2n) is 5.22. The Kier molecular flexibility index (Phi) is 2.94. The van der Waals surface area contributed by atoms with E-state index >= 15 is 0 Å². The van der Waals surface area contributed by atoms with E-state index in [1.807, 2.05) is 10.8 Å². The van der Waals surface area contributed by atoms with Crippen LogP contribution in [-0.2, 0) is 10.0 Å². The first kappa shape index (κ1) is 12.2. The zero-order valence-corrected chi connectivity index (χ0v) is 11.4. The van der Waals surface area contributed by atoms with Crippen LogP contribution in [0.25, 0.3) is 0 Å². The van der Waals surface area contributed by atoms with Crippen LogP contribution in [0.15, 0.2) is 12.4 Å². The van der Waals surface area contributed by atoms with Gasteiger partial charge in [-0.05, 0) is 32.6 Å². The van der Waals surface area contributed by atoms with Crippen molar-refractivity contribution in [2.24, 2.45) is 0 Å². The molecule has 1 aliphatic heterocycles. The minimum absolute atomic E-state index is 0.471. The van der Waals surface area contributed by atoms with Gasteiger partial charge < -0.3 is 4.57 Å². The van der Waals surface area contributed by atoms with Gasteiger partial charge in [-0.3, -0.25) is 0 Å². The third-order valence-electron chi connectivity index (χ3n) is 3.87. The quantitative estimate of drug-likeness (QED) is 0.836. The molecule has 1 aromatic heterocycles. The molecular formula is C12H19N3O2S. The largest absolute Gasteiger partial charge is 0.331 e. The van der Waals surface area contributed by atoms with Crippen LogP contribution in [0.5, 0.6) is 0 Å². The standard InChI is InChI=1S/C12H19N3O2S/c1-10(18(16,17)14-7-2-3-8-14)12-13-6-9-15(12)11-4-5-11/h6,9-11H,2-5,7-8H2,1H3/t10-/m1/s1. The molecule has 5 nitrogen and oxygen atoms in total. The monoisotopic (exact) mass is 269 g/mol. The third-order valence-corrected chi connectivity index (χ3v) is 6.06. The number of nitrogens with zero attached hydrogens (tertiary/aromatic N) is 3. The topological polar surface area (TPSA) is 55.2 Å². The summed E-state index contributed by atoms with van der Waals surface area (Å²) in [6, 6.07) is 0.471. The summed E-state index contributed by atoms with van der Waals surface area (Å²) in [6.07, 6.45) is 7.85. The zero-order valence-electron chi connectivity index (χ0n) is 10.6. The molecule has 2 heterocycles. The Morgan fingerprint density at radius 1 is 1.33 bits per heavy atom. The third kappa shape index (κ3) is 1.97. The van der Waals surface area contributed by atoms with Gasteiger partial charge in [0, 0.05) is 31.5 Å². The molecule has 3 rings (SSSR count). The normalized spacial score (nSPS) is 23.4. The fourth-order valence-electron chi connectivity index (χ4n) is 2.60. The first-order chi connectivity index (χ1) is 8.60. The fraction of sp³-hybridized carbons (Fsp3) is 0.750. The van der Waals surface area contributed by atoms with E-state index in [0.29, 0.717) is 25.0 Å². The Hall–Kier alpha value is -0.880. The van der Waals surface area contributed by atoms with Crippen LogP contribution < -0.4 is 0 Å². The molecule has 0 bridgehead atoms. The van der Waals surface area contributed by atoms with Crippen LogP contribution in [0.2, 0.25) is 0 Å². The predicted octanol–water partition coefficient (Wildman–Crippen LogP) is 1.70. The van der Waals surface area contributed by atoms with Crippen molar-refractivity contribution in [2.75, 3.05) is 13.1 Å². The van der Waals surface area contributed by atoms with Gasteiger partial charge in [0.2, 0.25) is 10.0 Å². The van der Waals surface area contributed by atoms with E-state index in [2.05, 4.69) is 4.98 Å². The molecule has 1 saturated heterocycles. The summed E-state index contributed by atoms with van der Waals surface area (Å²) in [5.74, 6) is 0.699. The summed E-state index contributed by atoms with van der Waals surface area (Å²) < 4.78 is 28.7. The van der Waals surface area contributed by atoms with Gasteiger partial charge in [-0.25, -0.2) is 17.7 Å². The molecule has 1 atom stereocenters. The van der Waals surface area contributed by atoms with Gasteiger partial charge in [0.25, 0.3) is 0 Å². The lowest BCUT2D eigenvalue weighted by molar-refractivity contribution is 0.464. The summed E-state index contributed by atoms with van der Waals surface area (Å²) in [7, 11) is -3.24. The Morgan fingerprint density at radius 2 is 2.00 bits per heavy atom. The highest BCUT2D eigenvalue weighted by Crippen LogP contribution is 2.38. The molecule has 2 aliphatic rings. The van der Waals surface area contributed by atoms with Crippen molar-refractivity contribution in [3.8, 4) is 0 Å². The number of rotatable bonds is 4. The van der Waals surface area contributed by atoms with Gasteiger partial charge >= 0.3 is 0 Å². The van der Waals surface area contributed by atoms with Crippen molar-refractivity contribution in [3.63, 3.8) is 0 Å². The molecule has 0 amide bonds. The molecule has 0 N–H and O–H groups in total. The highest BCUT2D eigenvalue weighted by atomic mass is 32.2. The Morgan fingerprint density at radius 3 is 2.61 bits per heavy atom. The molecule has 1 saturated carbocycles. The van der Waals surface area contributed by atoms with Crippen molar-refractivity contribution in [1.82, 2.24) is 13.9 Å². The maximum Gasteiger partial charge on any atom is 0.224 e. The highest BCUT2D eigenvalue weighted by Gasteiger charge is 2.36. The molecule has 18 heavy (non-hydrogen) atoms. The summed E-state index contributed by atoms with van der Waals surface area (Å²) in [5, 5.41) is -0.536. The molecule has 1 aromatic rings. The number of aromatic nitrogens is 2. The number of imidazole rings is 1. The minimum Gasteiger partial charge on any atom is -0.331 e. The molecule has 2 fully saturated rings. The van der Waals surface area contributed by atoms with Crippen LogP contribution in [0, 0.1) is 0 Å². The average Bonchev–Trinajstić information content (AvgIpc) is 2.87. The van der Waals surface area contributed by atoms with E-state index in [4.69, 9.17) is 0 Å². The molecule has 0 spiro atoms. The summed E-state index contributed by atoms with van der Waals surface area (Å²) in [4.78, 5) is 4.27. The van der Waals surface area contributed by atoms with Crippen LogP contribution in [0.4, 0.5) is 0 Å². The second-order valence-corrected chi connectivity index (χ2v) is 7.47. The van der Waals surface area contributed by atoms with Crippen molar-refractivity contribution < 1.29 is 8.42 Å². The molecular weight excluding hydrogens is 250 g/mol. The lowest BCUT2D eigenvalue weighted by Crippen LogP contribution is -2.32. The Labute approximate surface area is 108 Å². The maximum atomic E-state index is 12.5. The van der Waals surface area contributed by atoms with E-state index in [1.54, 1.807) is 17.4 Å². The lowest BCUT2D eigenvalue weighted by atomic mass is 10.4. The molecule has 6 heteroatoms. The molecule has 0 radical (unpaired) electrons. The number of hydrogen-bond acceptors (Lipinski definition) is 3. The average molecular weight is 269 g/mol. The Balaban J connectivity index is 1.88. The van der Waals surface area contributed by atoms with Gasteiger partial charge in [0.15, 0.2) is 0 Å². The van der Waals surface area contributed by atoms with Crippen LogP contribution >= 0.6 is 0 Å². The van der Waals surface area contributed by atoms with Gasteiger partial charge in [0.1, 0.15) is 11.1 Å². The smallest absolute Gasteiger partial charge is 0.224 e. The van der Waals surface area contributed by atoms with Crippen molar-refractivity contribution in [3.05, 3.63) is 18.2 Å². The van der Waals surface area contributed by atoms with Crippen molar-refractivity contribution >= 4 is 10.0 Å². The van der Waals surface area contributed by atoms with E-state index in [1.165, 1.54) is 0 Å². The van der Waals surface area contributed by atoms with Crippen LogP contribution in [0.3, 0.4) is 0 Å². The molecule has 100 valence electrons. The SMILES string of the molecule is C[C@H](c1nccn1C1CC1)S(=O)(=O)N1CCCC1. The van der Waals surface area contributed by atoms with Gasteiger partial charge in [0.05, 0.1) is 0 Å². The number of sulfonamides is 1. The van der Waals surface area contributed by atoms with E-state index < -0.39 is 15.3 Å². The summed E-state index contributed by atoms with van der Waals surface area (Å²) in [5.41, 5.74) is 0. The molecule has 1 aliphatic carbocycles. The van der Waals surface area contributed by atoms with Crippen LogP contribution in [-0.4, -0.2) is 35.4 Å². The zero-order chi connectivity index (χ0) is 12.8.